The van der Waals surface area contributed by atoms with Gasteiger partial charge in [0, 0.05) is 6.92 Å². The Kier molecular flexibility index (Phi) is 2.63. The molecule has 0 fully saturated rings. The number of rotatable bonds is 2. The van der Waals surface area contributed by atoms with Crippen LogP contribution in [-0.4, -0.2) is 17.2 Å². The van der Waals surface area contributed by atoms with Crippen molar-refractivity contribution in [2.24, 2.45) is 10.8 Å². The maximum Gasteiger partial charge on any atom is 0.332 e. The number of hydrogen-bond acceptors (Lipinski definition) is 4. The van der Waals surface area contributed by atoms with E-state index in [1.165, 1.54) is 6.21 Å². The van der Waals surface area contributed by atoms with E-state index in [0.717, 1.165) is 0 Å². The number of urea groups is 1. The number of amides is 2. The molecule has 0 bridgehead atoms. The summed E-state index contributed by atoms with van der Waals surface area (Å²) in [6.07, 6.45) is 1.35. The molecule has 1 aromatic heterocycles. The smallest absolute Gasteiger partial charge is 0.332 e. The molecule has 6 heteroatoms. The highest BCUT2D eigenvalue weighted by atomic mass is 16.4. The molecule has 1 heterocycles. The fraction of sp³-hybridized carbons (Fsp3) is 0.286. The molecule has 0 aromatic carbocycles. The van der Waals surface area contributed by atoms with Crippen molar-refractivity contribution >= 4 is 12.2 Å². The summed E-state index contributed by atoms with van der Waals surface area (Å²) in [6.45, 7) is 3.51. The van der Waals surface area contributed by atoms with Crippen LogP contribution >= 0.6 is 0 Å². The quantitative estimate of drug-likeness (QED) is 0.508. The van der Waals surface area contributed by atoms with Crippen molar-refractivity contribution in [3.63, 3.8) is 0 Å². The Morgan fingerprint density at radius 3 is 2.85 bits per heavy atom. The Hall–Kier alpha value is -1.85. The van der Waals surface area contributed by atoms with Gasteiger partial charge in [0.15, 0.2) is 11.7 Å². The number of aromatic nitrogens is 1. The number of aryl methyl sites for hydroxylation is 2. The first-order chi connectivity index (χ1) is 6.09. The Morgan fingerprint density at radius 2 is 2.38 bits per heavy atom. The van der Waals surface area contributed by atoms with Crippen molar-refractivity contribution in [2.45, 2.75) is 13.8 Å². The largest absolute Gasteiger partial charge is 0.440 e. The minimum absolute atomic E-state index is 0.506. The SMILES string of the molecule is Cc1nc(C)c(/C=N/NC(N)=O)o1. The third-order valence-electron chi connectivity index (χ3n) is 1.30. The van der Waals surface area contributed by atoms with Crippen LogP contribution in [0.1, 0.15) is 17.3 Å². The van der Waals surface area contributed by atoms with Gasteiger partial charge in [-0.3, -0.25) is 0 Å². The number of carbonyl (C=O) groups excluding carboxylic acids is 1. The van der Waals surface area contributed by atoms with E-state index in [1.807, 2.05) is 0 Å². The Morgan fingerprint density at radius 1 is 1.69 bits per heavy atom. The molecule has 0 aliphatic carbocycles. The summed E-state index contributed by atoms with van der Waals surface area (Å²) in [5, 5.41) is 3.53. The van der Waals surface area contributed by atoms with Gasteiger partial charge in [0.05, 0.1) is 11.9 Å². The van der Waals surface area contributed by atoms with Crippen LogP contribution in [0.4, 0.5) is 4.79 Å². The normalized spacial score (nSPS) is 10.6. The summed E-state index contributed by atoms with van der Waals surface area (Å²) in [5.74, 6) is 1.06. The summed E-state index contributed by atoms with van der Waals surface area (Å²) in [5.41, 5.74) is 7.56. The summed E-state index contributed by atoms with van der Waals surface area (Å²) >= 11 is 0. The lowest BCUT2D eigenvalue weighted by Crippen LogP contribution is -2.24. The number of carbonyl (C=O) groups is 1. The first-order valence-corrected chi connectivity index (χ1v) is 3.62. The van der Waals surface area contributed by atoms with Gasteiger partial charge in [0.1, 0.15) is 0 Å². The van der Waals surface area contributed by atoms with Crippen LogP contribution in [0.15, 0.2) is 9.52 Å². The summed E-state index contributed by atoms with van der Waals surface area (Å²) in [7, 11) is 0. The van der Waals surface area contributed by atoms with Crippen LogP contribution in [0, 0.1) is 13.8 Å². The highest BCUT2D eigenvalue weighted by Crippen LogP contribution is 2.05. The van der Waals surface area contributed by atoms with Gasteiger partial charge in [-0.2, -0.15) is 5.10 Å². The second kappa shape index (κ2) is 3.70. The first-order valence-electron chi connectivity index (χ1n) is 3.62. The van der Waals surface area contributed by atoms with Crippen LogP contribution in [-0.2, 0) is 0 Å². The average molecular weight is 182 g/mol. The van der Waals surface area contributed by atoms with Gasteiger partial charge < -0.3 is 10.2 Å². The Bertz CT molecular complexity index is 342. The molecule has 0 spiro atoms. The minimum atomic E-state index is -0.717. The number of nitrogens with two attached hydrogens (primary N) is 1. The van der Waals surface area contributed by atoms with E-state index < -0.39 is 6.03 Å². The Balaban J connectivity index is 2.68. The van der Waals surface area contributed by atoms with Gasteiger partial charge in [0.25, 0.3) is 0 Å². The van der Waals surface area contributed by atoms with E-state index in [-0.39, 0.29) is 0 Å². The standard InChI is InChI=1S/C7H10N4O2/c1-4-6(13-5(2)10-4)3-9-11-7(8)12/h3H,1-2H3,(H3,8,11,12)/b9-3+. The number of hydrazone groups is 1. The zero-order valence-corrected chi connectivity index (χ0v) is 7.37. The predicted molar refractivity (Wildman–Crippen MR) is 46.3 cm³/mol. The molecule has 0 aliphatic heterocycles. The molecule has 70 valence electrons. The van der Waals surface area contributed by atoms with Crippen molar-refractivity contribution in [3.05, 3.63) is 17.3 Å². The van der Waals surface area contributed by atoms with Gasteiger partial charge in [-0.15, -0.1) is 0 Å². The average Bonchev–Trinajstić information content (AvgIpc) is 2.29. The van der Waals surface area contributed by atoms with Crippen molar-refractivity contribution in [2.75, 3.05) is 0 Å². The van der Waals surface area contributed by atoms with E-state index in [1.54, 1.807) is 13.8 Å². The van der Waals surface area contributed by atoms with Gasteiger partial charge in [-0.25, -0.2) is 15.2 Å². The number of nitrogens with zero attached hydrogens (tertiary/aromatic N) is 2. The second-order valence-corrected chi connectivity index (χ2v) is 2.42. The van der Waals surface area contributed by atoms with Crippen molar-refractivity contribution < 1.29 is 9.21 Å². The van der Waals surface area contributed by atoms with E-state index in [0.29, 0.717) is 17.3 Å². The van der Waals surface area contributed by atoms with Crippen LogP contribution in [0.2, 0.25) is 0 Å². The molecule has 0 atom stereocenters. The van der Waals surface area contributed by atoms with Crippen molar-refractivity contribution in [3.8, 4) is 0 Å². The predicted octanol–water partition coefficient (Wildman–Crippen LogP) is 0.294. The van der Waals surface area contributed by atoms with Gasteiger partial charge in [-0.1, -0.05) is 0 Å². The highest BCUT2D eigenvalue weighted by Gasteiger charge is 2.02. The number of hydrogen-bond donors (Lipinski definition) is 2. The van der Waals surface area contributed by atoms with E-state index >= 15 is 0 Å². The van der Waals surface area contributed by atoms with Crippen LogP contribution in [0.25, 0.3) is 0 Å². The fourth-order valence-corrected chi connectivity index (χ4v) is 0.821. The molecule has 0 saturated heterocycles. The second-order valence-electron chi connectivity index (χ2n) is 2.42. The third-order valence-corrected chi connectivity index (χ3v) is 1.30. The van der Waals surface area contributed by atoms with Crippen LogP contribution in [0.3, 0.4) is 0 Å². The number of primary amides is 1. The summed E-state index contributed by atoms with van der Waals surface area (Å²) in [4.78, 5) is 14.2. The minimum Gasteiger partial charge on any atom is -0.440 e. The molecule has 3 N–H and O–H groups in total. The summed E-state index contributed by atoms with van der Waals surface area (Å²) in [6, 6.07) is -0.717. The molecular weight excluding hydrogens is 172 g/mol. The van der Waals surface area contributed by atoms with Gasteiger partial charge >= 0.3 is 6.03 Å². The van der Waals surface area contributed by atoms with Gasteiger partial charge in [0.2, 0.25) is 0 Å². The molecule has 1 aromatic rings. The zero-order chi connectivity index (χ0) is 9.84. The monoisotopic (exact) mass is 182 g/mol. The molecule has 0 saturated carbocycles. The van der Waals surface area contributed by atoms with Gasteiger partial charge in [-0.05, 0) is 6.92 Å². The van der Waals surface area contributed by atoms with Crippen molar-refractivity contribution in [1.29, 1.82) is 0 Å². The molecule has 0 radical (unpaired) electrons. The van der Waals surface area contributed by atoms with Crippen LogP contribution < -0.4 is 11.2 Å². The fourth-order valence-electron chi connectivity index (χ4n) is 0.821. The lowest BCUT2D eigenvalue weighted by Gasteiger charge is -1.89. The van der Waals surface area contributed by atoms with E-state index in [4.69, 9.17) is 10.2 Å². The maximum atomic E-state index is 10.2. The molecule has 13 heavy (non-hydrogen) atoms. The maximum absolute atomic E-state index is 10.2. The number of nitrogens with one attached hydrogen (secondary N) is 1. The Labute approximate surface area is 74.8 Å². The highest BCUT2D eigenvalue weighted by molar-refractivity contribution is 5.79. The summed E-state index contributed by atoms with van der Waals surface area (Å²) < 4.78 is 5.14. The molecule has 0 aliphatic rings. The molecule has 2 amide bonds. The molecule has 6 nitrogen and oxygen atoms in total. The first kappa shape index (κ1) is 9.24. The van der Waals surface area contributed by atoms with Crippen LogP contribution in [0.5, 0.6) is 0 Å². The molecule has 0 unspecified atom stereocenters. The molecule has 1 rings (SSSR count). The lowest BCUT2D eigenvalue weighted by molar-refractivity contribution is 0.249. The lowest BCUT2D eigenvalue weighted by atomic mass is 10.4. The zero-order valence-electron chi connectivity index (χ0n) is 7.37. The topological polar surface area (TPSA) is 93.5 Å². The molecular formula is C7H10N4O2. The number of oxazole rings is 1. The van der Waals surface area contributed by atoms with E-state index in [2.05, 4.69) is 15.5 Å². The van der Waals surface area contributed by atoms with Crippen molar-refractivity contribution in [1.82, 2.24) is 10.4 Å². The van der Waals surface area contributed by atoms with E-state index in [9.17, 15) is 4.79 Å². The third kappa shape index (κ3) is 2.58.